The number of hydrogen-bond acceptors (Lipinski definition) is 6. The Morgan fingerprint density at radius 3 is 2.81 bits per heavy atom. The molecular weight excluding hydrogens is 367 g/mol. The van der Waals surface area contributed by atoms with Gasteiger partial charge in [0, 0.05) is 22.2 Å². The second kappa shape index (κ2) is 7.46. The first-order chi connectivity index (χ1) is 13.2. The van der Waals surface area contributed by atoms with Crippen molar-refractivity contribution >= 4 is 22.9 Å². The van der Waals surface area contributed by atoms with Gasteiger partial charge in [-0.2, -0.15) is 0 Å². The first-order valence-corrected chi connectivity index (χ1v) is 8.92. The van der Waals surface area contributed by atoms with E-state index in [-0.39, 0.29) is 18.1 Å². The minimum absolute atomic E-state index is 0.122. The first kappa shape index (κ1) is 17.0. The molecule has 0 spiro atoms. The molecule has 0 aliphatic carbocycles. The van der Waals surface area contributed by atoms with Gasteiger partial charge in [0.15, 0.2) is 0 Å². The van der Waals surface area contributed by atoms with Gasteiger partial charge in [0.1, 0.15) is 10.8 Å². The second-order valence-electron chi connectivity index (χ2n) is 5.70. The van der Waals surface area contributed by atoms with Crippen LogP contribution in [-0.4, -0.2) is 21.1 Å². The number of rotatable bonds is 5. The predicted molar refractivity (Wildman–Crippen MR) is 99.6 cm³/mol. The quantitative estimate of drug-likeness (QED) is 0.562. The van der Waals surface area contributed by atoms with Crippen LogP contribution in [0.4, 0.5) is 10.1 Å². The van der Waals surface area contributed by atoms with Gasteiger partial charge in [0.2, 0.25) is 18.2 Å². The molecule has 0 unspecified atom stereocenters. The van der Waals surface area contributed by atoms with Crippen molar-refractivity contribution in [1.29, 1.82) is 0 Å². The number of thiazole rings is 1. The maximum absolute atomic E-state index is 13.3. The molecular formula is C19H13FN4O2S. The van der Waals surface area contributed by atoms with Gasteiger partial charge in [-0.05, 0) is 30.3 Å². The van der Waals surface area contributed by atoms with E-state index in [1.165, 1.54) is 29.9 Å². The van der Waals surface area contributed by atoms with Crippen molar-refractivity contribution in [2.24, 2.45) is 0 Å². The Morgan fingerprint density at radius 2 is 2.00 bits per heavy atom. The lowest BCUT2D eigenvalue weighted by molar-refractivity contribution is -0.115. The second-order valence-corrected chi connectivity index (χ2v) is 6.56. The summed E-state index contributed by atoms with van der Waals surface area (Å²) in [5.41, 5.74) is 2.66. The Bertz CT molecular complexity index is 1080. The van der Waals surface area contributed by atoms with E-state index in [1.807, 2.05) is 6.07 Å². The molecule has 0 saturated heterocycles. The van der Waals surface area contributed by atoms with E-state index < -0.39 is 0 Å². The van der Waals surface area contributed by atoms with E-state index in [0.717, 1.165) is 0 Å². The molecule has 0 radical (unpaired) electrons. The Labute approximate surface area is 157 Å². The molecule has 2 aromatic carbocycles. The van der Waals surface area contributed by atoms with Crippen LogP contribution in [0.1, 0.15) is 5.69 Å². The molecule has 0 bridgehead atoms. The van der Waals surface area contributed by atoms with Crippen LogP contribution in [-0.2, 0) is 11.2 Å². The minimum Gasteiger partial charge on any atom is -0.423 e. The van der Waals surface area contributed by atoms with Crippen LogP contribution in [0.3, 0.4) is 0 Å². The van der Waals surface area contributed by atoms with Crippen LogP contribution in [0.25, 0.3) is 22.0 Å². The van der Waals surface area contributed by atoms with Gasteiger partial charge in [0.05, 0.1) is 12.1 Å². The minimum atomic E-state index is -0.317. The van der Waals surface area contributed by atoms with Crippen LogP contribution >= 0.6 is 11.3 Å². The Balaban J connectivity index is 1.44. The van der Waals surface area contributed by atoms with Gasteiger partial charge < -0.3 is 9.73 Å². The molecule has 4 aromatic rings. The van der Waals surface area contributed by atoms with Gasteiger partial charge in [-0.15, -0.1) is 21.5 Å². The Morgan fingerprint density at radius 1 is 1.15 bits per heavy atom. The fourth-order valence-corrected chi connectivity index (χ4v) is 3.36. The van der Waals surface area contributed by atoms with Crippen molar-refractivity contribution in [2.75, 3.05) is 5.32 Å². The topological polar surface area (TPSA) is 80.9 Å². The first-order valence-electron chi connectivity index (χ1n) is 8.04. The number of carbonyl (C=O) groups excluding carboxylic acids is 1. The summed E-state index contributed by atoms with van der Waals surface area (Å²) in [6.45, 7) is 0. The molecule has 1 amide bonds. The molecule has 0 fully saturated rings. The van der Waals surface area contributed by atoms with E-state index in [2.05, 4.69) is 20.5 Å². The Hall–Kier alpha value is -3.39. The van der Waals surface area contributed by atoms with E-state index >= 15 is 0 Å². The highest BCUT2D eigenvalue weighted by atomic mass is 32.1. The van der Waals surface area contributed by atoms with Crippen molar-refractivity contribution in [3.05, 3.63) is 71.8 Å². The summed E-state index contributed by atoms with van der Waals surface area (Å²) in [6.07, 6.45) is 1.37. The van der Waals surface area contributed by atoms with Crippen LogP contribution in [0.2, 0.25) is 0 Å². The fraction of sp³-hybridized carbons (Fsp3) is 0.0526. The lowest BCUT2D eigenvalue weighted by atomic mass is 10.2. The molecule has 4 rings (SSSR count). The number of anilines is 1. The molecule has 0 saturated carbocycles. The van der Waals surface area contributed by atoms with Gasteiger partial charge in [-0.1, -0.05) is 18.2 Å². The third kappa shape index (κ3) is 4.06. The van der Waals surface area contributed by atoms with Gasteiger partial charge in [-0.25, -0.2) is 9.37 Å². The predicted octanol–water partition coefficient (Wildman–Crippen LogP) is 4.18. The summed E-state index contributed by atoms with van der Waals surface area (Å²) < 4.78 is 18.5. The molecule has 1 N–H and O–H groups in total. The third-order valence-corrected chi connectivity index (χ3v) is 4.66. The number of carbonyl (C=O) groups is 1. The van der Waals surface area contributed by atoms with E-state index in [4.69, 9.17) is 4.42 Å². The monoisotopic (exact) mass is 380 g/mol. The molecule has 0 atom stereocenters. The highest BCUT2D eigenvalue weighted by molar-refractivity contribution is 7.13. The zero-order chi connectivity index (χ0) is 18.6. The van der Waals surface area contributed by atoms with Crippen LogP contribution < -0.4 is 5.32 Å². The average Bonchev–Trinajstić information content (AvgIpc) is 3.34. The van der Waals surface area contributed by atoms with Crippen LogP contribution in [0, 0.1) is 5.82 Å². The molecule has 6 nitrogen and oxygen atoms in total. The van der Waals surface area contributed by atoms with Gasteiger partial charge >= 0.3 is 0 Å². The Kier molecular flexibility index (Phi) is 4.71. The highest BCUT2D eigenvalue weighted by Crippen LogP contribution is 2.25. The van der Waals surface area contributed by atoms with Crippen molar-refractivity contribution < 1.29 is 13.6 Å². The average molecular weight is 380 g/mol. The number of benzene rings is 2. The van der Waals surface area contributed by atoms with Crippen molar-refractivity contribution in [3.8, 4) is 22.0 Å². The molecule has 2 aromatic heterocycles. The lowest BCUT2D eigenvalue weighted by Crippen LogP contribution is -2.14. The molecule has 8 heteroatoms. The van der Waals surface area contributed by atoms with Crippen LogP contribution in [0.5, 0.6) is 0 Å². The summed E-state index contributed by atoms with van der Waals surface area (Å²) >= 11 is 1.37. The highest BCUT2D eigenvalue weighted by Gasteiger charge is 2.11. The van der Waals surface area contributed by atoms with Gasteiger partial charge in [-0.3, -0.25) is 4.79 Å². The molecule has 27 heavy (non-hydrogen) atoms. The normalized spacial score (nSPS) is 10.7. The number of hydrogen-bond donors (Lipinski definition) is 1. The number of nitrogens with one attached hydrogen (secondary N) is 1. The van der Waals surface area contributed by atoms with E-state index in [1.54, 1.807) is 35.7 Å². The summed E-state index contributed by atoms with van der Waals surface area (Å²) in [4.78, 5) is 16.7. The molecule has 134 valence electrons. The standard InChI is InChI=1S/C19H13FN4O2S/c20-14-5-1-4-13(7-14)19-23-16(10-27-19)9-17(25)22-15-6-2-3-12(8-15)18-24-21-11-26-18/h1-8,10-11H,9H2,(H,22,25). The maximum Gasteiger partial charge on any atom is 0.247 e. The smallest absolute Gasteiger partial charge is 0.247 e. The van der Waals surface area contributed by atoms with E-state index in [9.17, 15) is 9.18 Å². The number of amides is 1. The lowest BCUT2D eigenvalue weighted by Gasteiger charge is -2.05. The van der Waals surface area contributed by atoms with E-state index in [0.29, 0.717) is 33.4 Å². The third-order valence-electron chi connectivity index (χ3n) is 3.72. The largest absolute Gasteiger partial charge is 0.423 e. The summed E-state index contributed by atoms with van der Waals surface area (Å²) in [6, 6.07) is 13.4. The number of halogens is 1. The molecule has 0 aliphatic rings. The van der Waals surface area contributed by atoms with Gasteiger partial charge in [0.25, 0.3) is 0 Å². The SMILES string of the molecule is O=C(Cc1csc(-c2cccc(F)c2)n1)Nc1cccc(-c2nnco2)c1. The number of aromatic nitrogens is 3. The summed E-state index contributed by atoms with van der Waals surface area (Å²) in [7, 11) is 0. The van der Waals surface area contributed by atoms with Crippen molar-refractivity contribution in [3.63, 3.8) is 0 Å². The van der Waals surface area contributed by atoms with Crippen molar-refractivity contribution in [1.82, 2.24) is 15.2 Å². The summed E-state index contributed by atoms with van der Waals surface area (Å²) in [5.74, 6) is -0.137. The van der Waals surface area contributed by atoms with Crippen LogP contribution in [0.15, 0.2) is 64.7 Å². The number of nitrogens with zero attached hydrogens (tertiary/aromatic N) is 3. The summed E-state index contributed by atoms with van der Waals surface area (Å²) in [5, 5.41) is 12.8. The molecule has 0 aliphatic heterocycles. The molecule has 2 heterocycles. The maximum atomic E-state index is 13.3. The fourth-order valence-electron chi connectivity index (χ4n) is 2.54. The zero-order valence-electron chi connectivity index (χ0n) is 13.9. The van der Waals surface area contributed by atoms with Crippen molar-refractivity contribution in [2.45, 2.75) is 6.42 Å². The zero-order valence-corrected chi connectivity index (χ0v) is 14.7.